The highest BCUT2D eigenvalue weighted by atomic mass is 32.2. The lowest BCUT2D eigenvalue weighted by atomic mass is 10.2. The Morgan fingerprint density at radius 3 is 3.00 bits per heavy atom. The molecule has 5 nitrogen and oxygen atoms in total. The van der Waals surface area contributed by atoms with E-state index >= 15 is 0 Å². The number of rotatable bonds is 2. The Hall–Kier alpha value is -1.30. The predicted molar refractivity (Wildman–Crippen MR) is 74.0 cm³/mol. The molecule has 2 atom stereocenters. The minimum atomic E-state index is -0.0285. The van der Waals surface area contributed by atoms with Gasteiger partial charge >= 0.3 is 0 Å². The molecule has 0 aromatic carbocycles. The van der Waals surface area contributed by atoms with E-state index in [0.29, 0.717) is 16.8 Å². The number of anilines is 1. The quantitative estimate of drug-likeness (QED) is 0.878. The van der Waals surface area contributed by atoms with Crippen LogP contribution < -0.4 is 5.32 Å². The van der Waals surface area contributed by atoms with Crippen LogP contribution in [0, 0.1) is 0 Å². The Morgan fingerprint density at radius 1 is 1.50 bits per heavy atom. The highest BCUT2D eigenvalue weighted by molar-refractivity contribution is 8.00. The van der Waals surface area contributed by atoms with Crippen LogP contribution in [0.4, 0.5) is 5.82 Å². The molecule has 1 aromatic heterocycles. The van der Waals surface area contributed by atoms with E-state index in [2.05, 4.69) is 29.1 Å². The van der Waals surface area contributed by atoms with Gasteiger partial charge in [0.25, 0.3) is 5.91 Å². The summed E-state index contributed by atoms with van der Waals surface area (Å²) in [5.74, 6) is 1.57. The number of thioether (sulfide) groups is 1. The van der Waals surface area contributed by atoms with Crippen molar-refractivity contribution >= 4 is 23.5 Å². The van der Waals surface area contributed by atoms with Gasteiger partial charge in [0.1, 0.15) is 11.5 Å². The first kappa shape index (κ1) is 13.1. The van der Waals surface area contributed by atoms with Crippen molar-refractivity contribution in [2.24, 2.45) is 0 Å². The number of hydrogen-bond donors (Lipinski definition) is 1. The van der Waals surface area contributed by atoms with Crippen molar-refractivity contribution in [2.45, 2.75) is 25.1 Å². The molecule has 1 amide bonds. The third-order valence-electron chi connectivity index (χ3n) is 3.25. The van der Waals surface area contributed by atoms with Crippen molar-refractivity contribution in [1.82, 2.24) is 14.9 Å². The SMILES string of the molecule is CNc1cncc(C(=O)N2CCSC(C)C2C)n1. The van der Waals surface area contributed by atoms with Gasteiger partial charge in [0.15, 0.2) is 0 Å². The summed E-state index contributed by atoms with van der Waals surface area (Å²) in [6, 6.07) is 0.233. The largest absolute Gasteiger partial charge is 0.372 e. The standard InChI is InChI=1S/C12H18N4OS/c1-8-9(2)18-5-4-16(8)12(17)10-6-14-7-11(13-3)15-10/h6-9H,4-5H2,1-3H3,(H,13,15). The summed E-state index contributed by atoms with van der Waals surface area (Å²) in [5, 5.41) is 3.36. The zero-order valence-corrected chi connectivity index (χ0v) is 11.7. The zero-order valence-electron chi connectivity index (χ0n) is 10.9. The van der Waals surface area contributed by atoms with E-state index in [9.17, 15) is 4.79 Å². The number of nitrogens with one attached hydrogen (secondary N) is 1. The number of aromatic nitrogens is 2. The van der Waals surface area contributed by atoms with Crippen LogP contribution >= 0.6 is 11.8 Å². The van der Waals surface area contributed by atoms with Gasteiger partial charge in [-0.25, -0.2) is 4.98 Å². The van der Waals surface area contributed by atoms with E-state index < -0.39 is 0 Å². The van der Waals surface area contributed by atoms with Crippen LogP contribution in [0.3, 0.4) is 0 Å². The van der Waals surface area contributed by atoms with Crippen molar-refractivity contribution in [1.29, 1.82) is 0 Å². The second-order valence-electron chi connectivity index (χ2n) is 4.35. The molecule has 0 aliphatic carbocycles. The predicted octanol–water partition coefficient (Wildman–Crippen LogP) is 1.48. The summed E-state index contributed by atoms with van der Waals surface area (Å²) >= 11 is 1.91. The summed E-state index contributed by atoms with van der Waals surface area (Å²) in [5.41, 5.74) is 0.410. The summed E-state index contributed by atoms with van der Waals surface area (Å²) < 4.78 is 0. The number of nitrogens with zero attached hydrogens (tertiary/aromatic N) is 3. The highest BCUT2D eigenvalue weighted by Crippen LogP contribution is 2.25. The molecule has 0 spiro atoms. The number of amides is 1. The van der Waals surface area contributed by atoms with Crippen LogP contribution in [0.25, 0.3) is 0 Å². The lowest BCUT2D eigenvalue weighted by Gasteiger charge is -2.37. The molecule has 6 heteroatoms. The molecule has 1 aromatic rings. The van der Waals surface area contributed by atoms with E-state index in [4.69, 9.17) is 0 Å². The molecule has 2 rings (SSSR count). The van der Waals surface area contributed by atoms with Crippen LogP contribution in [0.15, 0.2) is 12.4 Å². The maximum Gasteiger partial charge on any atom is 0.274 e. The van der Waals surface area contributed by atoms with Crippen LogP contribution in [0.1, 0.15) is 24.3 Å². The van der Waals surface area contributed by atoms with Gasteiger partial charge in [-0.05, 0) is 6.92 Å². The molecule has 0 bridgehead atoms. The molecule has 1 aliphatic rings. The average Bonchev–Trinajstić information content (AvgIpc) is 2.41. The van der Waals surface area contributed by atoms with Gasteiger partial charge in [-0.1, -0.05) is 6.92 Å². The third-order valence-corrected chi connectivity index (χ3v) is 4.59. The van der Waals surface area contributed by atoms with E-state index in [1.807, 2.05) is 16.7 Å². The average molecular weight is 266 g/mol. The maximum atomic E-state index is 12.4. The maximum absolute atomic E-state index is 12.4. The fraction of sp³-hybridized carbons (Fsp3) is 0.583. The first-order valence-corrected chi connectivity index (χ1v) is 7.10. The fourth-order valence-electron chi connectivity index (χ4n) is 1.96. The van der Waals surface area contributed by atoms with E-state index in [0.717, 1.165) is 12.3 Å². The van der Waals surface area contributed by atoms with Crippen molar-refractivity contribution in [3.8, 4) is 0 Å². The molecular weight excluding hydrogens is 248 g/mol. The monoisotopic (exact) mass is 266 g/mol. The lowest BCUT2D eigenvalue weighted by molar-refractivity contribution is 0.0692. The van der Waals surface area contributed by atoms with Gasteiger partial charge in [0.05, 0.1) is 12.4 Å². The van der Waals surface area contributed by atoms with Gasteiger partial charge in [0, 0.05) is 30.6 Å². The molecule has 1 aliphatic heterocycles. The molecule has 2 unspecified atom stereocenters. The smallest absolute Gasteiger partial charge is 0.274 e. The van der Waals surface area contributed by atoms with E-state index in [1.165, 1.54) is 6.20 Å². The van der Waals surface area contributed by atoms with Gasteiger partial charge in [-0.3, -0.25) is 9.78 Å². The molecule has 1 fully saturated rings. The molecule has 98 valence electrons. The molecule has 1 saturated heterocycles. The zero-order chi connectivity index (χ0) is 13.1. The Bertz CT molecular complexity index is 440. The first-order chi connectivity index (χ1) is 8.63. The van der Waals surface area contributed by atoms with Crippen LogP contribution in [0.5, 0.6) is 0 Å². The van der Waals surface area contributed by atoms with Crippen molar-refractivity contribution in [3.05, 3.63) is 18.1 Å². The minimum absolute atomic E-state index is 0.0285. The Labute approximate surface area is 111 Å². The summed E-state index contributed by atoms with van der Waals surface area (Å²) in [6.45, 7) is 5.02. The van der Waals surface area contributed by atoms with E-state index in [-0.39, 0.29) is 11.9 Å². The summed E-state index contributed by atoms with van der Waals surface area (Å²) in [4.78, 5) is 22.6. The first-order valence-electron chi connectivity index (χ1n) is 6.06. The topological polar surface area (TPSA) is 58.1 Å². The third kappa shape index (κ3) is 2.58. The van der Waals surface area contributed by atoms with Gasteiger partial charge in [-0.15, -0.1) is 0 Å². The molecule has 0 saturated carbocycles. The summed E-state index contributed by atoms with van der Waals surface area (Å²) in [6.07, 6.45) is 3.14. The highest BCUT2D eigenvalue weighted by Gasteiger charge is 2.30. The van der Waals surface area contributed by atoms with Gasteiger partial charge in [0.2, 0.25) is 0 Å². The molecule has 0 radical (unpaired) electrons. The molecule has 18 heavy (non-hydrogen) atoms. The number of carbonyl (C=O) groups is 1. The minimum Gasteiger partial charge on any atom is -0.372 e. The Kier molecular flexibility index (Phi) is 4.06. The summed E-state index contributed by atoms with van der Waals surface area (Å²) in [7, 11) is 1.76. The molecular formula is C12H18N4OS. The van der Waals surface area contributed by atoms with Crippen molar-refractivity contribution in [2.75, 3.05) is 24.7 Å². The van der Waals surface area contributed by atoms with Gasteiger partial charge in [-0.2, -0.15) is 11.8 Å². The Balaban J connectivity index is 2.19. The van der Waals surface area contributed by atoms with E-state index in [1.54, 1.807) is 13.2 Å². The molecule has 2 heterocycles. The van der Waals surface area contributed by atoms with Crippen molar-refractivity contribution in [3.63, 3.8) is 0 Å². The number of carbonyl (C=O) groups excluding carboxylic acids is 1. The van der Waals surface area contributed by atoms with Gasteiger partial charge < -0.3 is 10.2 Å². The lowest BCUT2D eigenvalue weighted by Crippen LogP contribution is -2.48. The fourth-order valence-corrected chi connectivity index (χ4v) is 3.06. The second-order valence-corrected chi connectivity index (χ2v) is 5.84. The molecule has 1 N–H and O–H groups in total. The van der Waals surface area contributed by atoms with Crippen molar-refractivity contribution < 1.29 is 4.79 Å². The van der Waals surface area contributed by atoms with Crippen LogP contribution in [-0.4, -0.2) is 51.4 Å². The Morgan fingerprint density at radius 2 is 2.28 bits per heavy atom. The van der Waals surface area contributed by atoms with Crippen LogP contribution in [0.2, 0.25) is 0 Å². The van der Waals surface area contributed by atoms with Crippen LogP contribution in [-0.2, 0) is 0 Å². The second kappa shape index (κ2) is 5.56. The number of hydrogen-bond acceptors (Lipinski definition) is 5. The normalized spacial score (nSPS) is 23.8.